The van der Waals surface area contributed by atoms with Crippen LogP contribution >= 0.6 is 0 Å². The van der Waals surface area contributed by atoms with Crippen molar-refractivity contribution in [3.63, 3.8) is 0 Å². The Morgan fingerprint density at radius 1 is 1.26 bits per heavy atom. The molecule has 0 spiro atoms. The highest BCUT2D eigenvalue weighted by atomic mass is 16.7. The van der Waals surface area contributed by atoms with Crippen molar-refractivity contribution in [3.8, 4) is 5.75 Å². The Hall–Kier alpha value is -1.14. The van der Waals surface area contributed by atoms with E-state index in [4.69, 9.17) is 18.9 Å². The van der Waals surface area contributed by atoms with Gasteiger partial charge < -0.3 is 18.9 Å². The molecule has 4 rings (SSSR count). The van der Waals surface area contributed by atoms with E-state index < -0.39 is 5.60 Å². The summed E-state index contributed by atoms with van der Waals surface area (Å²) < 4.78 is 23.0. The summed E-state index contributed by atoms with van der Waals surface area (Å²) >= 11 is 0. The van der Waals surface area contributed by atoms with E-state index in [-0.39, 0.29) is 18.7 Å². The maximum Gasteiger partial charge on any atom is 0.148 e. The van der Waals surface area contributed by atoms with Gasteiger partial charge in [-0.2, -0.15) is 0 Å². The van der Waals surface area contributed by atoms with Gasteiger partial charge in [0.05, 0.1) is 20.3 Å². The van der Waals surface area contributed by atoms with Crippen LogP contribution in [0, 0.1) is 0 Å². The molecule has 0 saturated carbocycles. The summed E-state index contributed by atoms with van der Waals surface area (Å²) in [6, 6.07) is 7.99. The second kappa shape index (κ2) is 3.93. The topological polar surface area (TPSA) is 40.2 Å². The van der Waals surface area contributed by atoms with Crippen LogP contribution in [0.15, 0.2) is 24.3 Å². The smallest absolute Gasteiger partial charge is 0.148 e. The van der Waals surface area contributed by atoms with Crippen molar-refractivity contribution in [2.75, 3.05) is 20.3 Å². The number of nitrogens with zero attached hydrogens (tertiary/aromatic N) is 1. The van der Waals surface area contributed by atoms with E-state index in [1.54, 1.807) is 7.11 Å². The van der Waals surface area contributed by atoms with Crippen LogP contribution in [-0.2, 0) is 19.8 Å². The standard InChI is InChI=1S/C14H17NO4/c1-14(9-4-3-5-10(6-9)16-2)13-15-11(7-18-13)17-8-12(15)19-14/h3-6,11-13H,7-8H2,1-2H3/t11-,12-,13-,14-/m0/s1. The van der Waals surface area contributed by atoms with Crippen molar-refractivity contribution in [1.82, 2.24) is 4.90 Å². The van der Waals surface area contributed by atoms with Crippen LogP contribution in [0.4, 0.5) is 0 Å². The minimum absolute atomic E-state index is 0.00583. The van der Waals surface area contributed by atoms with E-state index in [0.29, 0.717) is 13.2 Å². The number of ether oxygens (including phenoxy) is 4. The molecule has 3 aliphatic rings. The summed E-state index contributed by atoms with van der Waals surface area (Å²) in [7, 11) is 1.67. The summed E-state index contributed by atoms with van der Waals surface area (Å²) in [6.45, 7) is 3.31. The number of hydrogen-bond acceptors (Lipinski definition) is 5. The third-order valence-corrected chi connectivity index (χ3v) is 4.26. The van der Waals surface area contributed by atoms with Gasteiger partial charge in [-0.25, -0.2) is 4.90 Å². The summed E-state index contributed by atoms with van der Waals surface area (Å²) in [5.74, 6) is 0.834. The molecule has 1 aromatic carbocycles. The molecule has 5 nitrogen and oxygen atoms in total. The summed E-state index contributed by atoms with van der Waals surface area (Å²) in [5, 5.41) is 0. The van der Waals surface area contributed by atoms with Gasteiger partial charge in [0.25, 0.3) is 0 Å². The molecule has 19 heavy (non-hydrogen) atoms. The van der Waals surface area contributed by atoms with E-state index in [2.05, 4.69) is 17.9 Å². The molecule has 0 bridgehead atoms. The average molecular weight is 263 g/mol. The Morgan fingerprint density at radius 2 is 2.11 bits per heavy atom. The van der Waals surface area contributed by atoms with Crippen molar-refractivity contribution in [3.05, 3.63) is 29.8 Å². The van der Waals surface area contributed by atoms with Crippen LogP contribution in [-0.4, -0.2) is 43.9 Å². The SMILES string of the molecule is COc1cccc([C@]2(C)O[C@H]3CO[C@H]4CO[C@@H]2N43)c1. The van der Waals surface area contributed by atoms with Crippen LogP contribution in [0.25, 0.3) is 0 Å². The second-order valence-corrected chi connectivity index (χ2v) is 5.33. The second-order valence-electron chi connectivity index (χ2n) is 5.33. The first-order valence-corrected chi connectivity index (χ1v) is 6.55. The molecule has 0 radical (unpaired) electrons. The quantitative estimate of drug-likeness (QED) is 0.804. The van der Waals surface area contributed by atoms with Crippen LogP contribution in [0.2, 0.25) is 0 Å². The van der Waals surface area contributed by atoms with Gasteiger partial charge in [-0.1, -0.05) is 12.1 Å². The zero-order valence-electron chi connectivity index (χ0n) is 11.0. The molecule has 0 aliphatic carbocycles. The van der Waals surface area contributed by atoms with E-state index >= 15 is 0 Å². The summed E-state index contributed by atoms with van der Waals surface area (Å²) in [6.07, 6.45) is -0.0479. The first-order chi connectivity index (χ1) is 9.22. The molecule has 0 N–H and O–H groups in total. The third kappa shape index (κ3) is 1.50. The predicted octanol–water partition coefficient (Wildman–Crippen LogP) is 1.28. The highest BCUT2D eigenvalue weighted by molar-refractivity contribution is 5.34. The van der Waals surface area contributed by atoms with E-state index in [0.717, 1.165) is 11.3 Å². The molecule has 102 valence electrons. The lowest BCUT2D eigenvalue weighted by molar-refractivity contribution is -0.0899. The summed E-state index contributed by atoms with van der Waals surface area (Å²) in [5.41, 5.74) is 0.601. The Labute approximate surface area is 112 Å². The summed E-state index contributed by atoms with van der Waals surface area (Å²) in [4.78, 5) is 2.19. The van der Waals surface area contributed by atoms with Crippen molar-refractivity contribution in [2.45, 2.75) is 31.2 Å². The fourth-order valence-electron chi connectivity index (χ4n) is 3.27. The molecule has 0 aromatic heterocycles. The van der Waals surface area contributed by atoms with Gasteiger partial charge in [-0.3, -0.25) is 0 Å². The lowest BCUT2D eigenvalue weighted by Gasteiger charge is -2.29. The molecule has 4 atom stereocenters. The molecule has 3 fully saturated rings. The molecule has 3 heterocycles. The van der Waals surface area contributed by atoms with E-state index in [1.165, 1.54) is 0 Å². The minimum Gasteiger partial charge on any atom is -0.497 e. The van der Waals surface area contributed by atoms with Crippen molar-refractivity contribution in [1.29, 1.82) is 0 Å². The van der Waals surface area contributed by atoms with E-state index in [1.807, 2.05) is 18.2 Å². The van der Waals surface area contributed by atoms with Crippen LogP contribution < -0.4 is 4.74 Å². The fourth-order valence-corrected chi connectivity index (χ4v) is 3.27. The highest BCUT2D eigenvalue weighted by Crippen LogP contribution is 2.48. The molecule has 0 unspecified atom stereocenters. The largest absolute Gasteiger partial charge is 0.497 e. The number of rotatable bonds is 2. The van der Waals surface area contributed by atoms with Gasteiger partial charge in [0.15, 0.2) is 0 Å². The third-order valence-electron chi connectivity index (χ3n) is 4.26. The first kappa shape index (κ1) is 11.7. The Morgan fingerprint density at radius 3 is 2.95 bits per heavy atom. The molecule has 3 saturated heterocycles. The average Bonchev–Trinajstić information content (AvgIpc) is 3.08. The Kier molecular flexibility index (Phi) is 2.41. The number of benzene rings is 1. The molecular formula is C14H17NO4. The van der Waals surface area contributed by atoms with Crippen molar-refractivity contribution >= 4 is 0 Å². The number of hydrogen-bond donors (Lipinski definition) is 0. The van der Waals surface area contributed by atoms with Gasteiger partial charge >= 0.3 is 0 Å². The molecule has 1 aromatic rings. The van der Waals surface area contributed by atoms with Gasteiger partial charge in [-0.05, 0) is 24.6 Å². The van der Waals surface area contributed by atoms with Crippen molar-refractivity contribution in [2.24, 2.45) is 0 Å². The van der Waals surface area contributed by atoms with E-state index in [9.17, 15) is 0 Å². The van der Waals surface area contributed by atoms with Crippen LogP contribution in [0.5, 0.6) is 5.75 Å². The zero-order chi connectivity index (χ0) is 13.0. The Bertz CT molecular complexity index is 508. The van der Waals surface area contributed by atoms with Gasteiger partial charge in [0.1, 0.15) is 30.0 Å². The fraction of sp³-hybridized carbons (Fsp3) is 0.571. The molecular weight excluding hydrogens is 246 g/mol. The lowest BCUT2D eigenvalue weighted by Crippen LogP contribution is -2.39. The highest BCUT2D eigenvalue weighted by Gasteiger charge is 2.61. The van der Waals surface area contributed by atoms with Gasteiger partial charge in [-0.15, -0.1) is 0 Å². The maximum absolute atomic E-state index is 6.21. The lowest BCUT2D eigenvalue weighted by atomic mass is 9.94. The normalized spacial score (nSPS) is 40.6. The van der Waals surface area contributed by atoms with Crippen LogP contribution in [0.1, 0.15) is 12.5 Å². The zero-order valence-corrected chi connectivity index (χ0v) is 11.0. The molecule has 5 heteroatoms. The maximum atomic E-state index is 6.21. The number of methoxy groups -OCH3 is 1. The van der Waals surface area contributed by atoms with Crippen LogP contribution in [0.3, 0.4) is 0 Å². The minimum atomic E-state index is -0.474. The molecule has 0 amide bonds. The van der Waals surface area contributed by atoms with Gasteiger partial charge in [0, 0.05) is 0 Å². The van der Waals surface area contributed by atoms with Gasteiger partial charge in [0.2, 0.25) is 0 Å². The Balaban J connectivity index is 1.73. The first-order valence-electron chi connectivity index (χ1n) is 6.55. The predicted molar refractivity (Wildman–Crippen MR) is 66.5 cm³/mol. The molecule has 3 aliphatic heterocycles. The monoisotopic (exact) mass is 263 g/mol. The van der Waals surface area contributed by atoms with Crippen molar-refractivity contribution < 1.29 is 18.9 Å².